The molecule has 0 aliphatic rings. The molecule has 3 rings (SSSR count). The van der Waals surface area contributed by atoms with Gasteiger partial charge in [-0.1, -0.05) is 30.3 Å². The van der Waals surface area contributed by atoms with Crippen molar-refractivity contribution in [2.45, 2.75) is 13.1 Å². The van der Waals surface area contributed by atoms with Crippen molar-refractivity contribution in [3.63, 3.8) is 0 Å². The summed E-state index contributed by atoms with van der Waals surface area (Å²) >= 11 is 1.24. The van der Waals surface area contributed by atoms with Crippen molar-refractivity contribution in [3.8, 4) is 10.6 Å². The first-order valence-corrected chi connectivity index (χ1v) is 8.15. The molecule has 3 aromatic rings. The van der Waals surface area contributed by atoms with Crippen LogP contribution in [0.1, 0.15) is 15.2 Å². The highest BCUT2D eigenvalue weighted by atomic mass is 32.1. The van der Waals surface area contributed by atoms with Gasteiger partial charge in [0.15, 0.2) is 0 Å². The van der Waals surface area contributed by atoms with Crippen LogP contribution >= 0.6 is 11.3 Å². The van der Waals surface area contributed by atoms with Crippen LogP contribution in [0.5, 0.6) is 0 Å². The van der Waals surface area contributed by atoms with E-state index in [0.29, 0.717) is 4.88 Å². The van der Waals surface area contributed by atoms with Crippen LogP contribution in [0.4, 0.5) is 0 Å². The Balaban J connectivity index is 1.52. The molecule has 6 heteroatoms. The molecule has 0 bridgehead atoms. The lowest BCUT2D eigenvalue weighted by atomic mass is 10.2. The fraction of sp³-hybridized carbons (Fsp3) is 0.176. The zero-order valence-electron chi connectivity index (χ0n) is 12.5. The van der Waals surface area contributed by atoms with Crippen LogP contribution < -0.4 is 5.32 Å². The summed E-state index contributed by atoms with van der Waals surface area (Å²) in [6, 6.07) is 15.6. The van der Waals surface area contributed by atoms with Crippen molar-refractivity contribution in [2.75, 3.05) is 6.54 Å². The van der Waals surface area contributed by atoms with E-state index in [1.807, 2.05) is 35.1 Å². The van der Waals surface area contributed by atoms with E-state index in [0.717, 1.165) is 30.2 Å². The molecule has 0 aliphatic heterocycles. The number of benzene rings is 1. The lowest BCUT2D eigenvalue weighted by molar-refractivity contribution is 0.0702. The van der Waals surface area contributed by atoms with Gasteiger partial charge in [-0.25, -0.2) is 4.79 Å². The van der Waals surface area contributed by atoms with Gasteiger partial charge in [-0.3, -0.25) is 4.68 Å². The Hall–Kier alpha value is -2.44. The minimum Gasteiger partial charge on any atom is -0.477 e. The number of aromatic nitrogens is 2. The van der Waals surface area contributed by atoms with Crippen LogP contribution in [0.25, 0.3) is 10.6 Å². The van der Waals surface area contributed by atoms with E-state index in [1.54, 1.807) is 12.1 Å². The van der Waals surface area contributed by atoms with Crippen molar-refractivity contribution < 1.29 is 9.90 Å². The van der Waals surface area contributed by atoms with E-state index < -0.39 is 5.97 Å². The third-order valence-corrected chi connectivity index (χ3v) is 4.50. The molecular weight excluding hydrogens is 310 g/mol. The van der Waals surface area contributed by atoms with Gasteiger partial charge in [0.1, 0.15) is 10.6 Å². The van der Waals surface area contributed by atoms with Crippen LogP contribution in [0.2, 0.25) is 0 Å². The first kappa shape index (κ1) is 15.5. The topological polar surface area (TPSA) is 67.2 Å². The number of carboxylic acid groups (broad SMARTS) is 1. The molecule has 2 heterocycles. The third kappa shape index (κ3) is 4.06. The minimum atomic E-state index is -0.897. The number of nitrogens with zero attached hydrogens (tertiary/aromatic N) is 2. The normalized spacial score (nSPS) is 10.8. The predicted octanol–water partition coefficient (Wildman–Crippen LogP) is 3.10. The Labute approximate surface area is 138 Å². The molecule has 2 N–H and O–H groups in total. The van der Waals surface area contributed by atoms with Gasteiger partial charge < -0.3 is 10.4 Å². The standard InChI is InChI=1S/C17H17N3O2S/c21-17(22)16-7-6-15(23-16)14-8-10-20(19-14)11-9-18-12-13-4-2-1-3-5-13/h1-8,10,18H,9,11-12H2,(H,21,22). The molecule has 1 aromatic carbocycles. The van der Waals surface area contributed by atoms with Crippen LogP contribution in [0.3, 0.4) is 0 Å². The summed E-state index contributed by atoms with van der Waals surface area (Å²) < 4.78 is 1.87. The summed E-state index contributed by atoms with van der Waals surface area (Å²) in [7, 11) is 0. The monoisotopic (exact) mass is 327 g/mol. The fourth-order valence-electron chi connectivity index (χ4n) is 2.23. The Morgan fingerprint density at radius 1 is 1.17 bits per heavy atom. The Morgan fingerprint density at radius 2 is 2.00 bits per heavy atom. The summed E-state index contributed by atoms with van der Waals surface area (Å²) in [5, 5.41) is 16.8. The highest BCUT2D eigenvalue weighted by molar-refractivity contribution is 7.17. The van der Waals surface area contributed by atoms with Crippen molar-refractivity contribution >= 4 is 17.3 Å². The number of thiophene rings is 1. The molecular formula is C17H17N3O2S. The number of hydrogen-bond acceptors (Lipinski definition) is 4. The van der Waals surface area contributed by atoms with E-state index in [1.165, 1.54) is 16.9 Å². The van der Waals surface area contributed by atoms with E-state index in [4.69, 9.17) is 5.11 Å². The molecule has 0 saturated heterocycles. The molecule has 118 valence electrons. The molecule has 0 aliphatic carbocycles. The summed E-state index contributed by atoms with van der Waals surface area (Å²) in [5.41, 5.74) is 2.07. The lowest BCUT2D eigenvalue weighted by Crippen LogP contribution is -2.19. The number of rotatable bonds is 7. The number of carbonyl (C=O) groups is 1. The van der Waals surface area contributed by atoms with E-state index >= 15 is 0 Å². The highest BCUT2D eigenvalue weighted by Crippen LogP contribution is 2.26. The van der Waals surface area contributed by atoms with Crippen molar-refractivity contribution in [1.29, 1.82) is 0 Å². The number of aromatic carboxylic acids is 1. The van der Waals surface area contributed by atoms with Gasteiger partial charge in [-0.15, -0.1) is 11.3 Å². The van der Waals surface area contributed by atoms with Gasteiger partial charge in [-0.2, -0.15) is 5.10 Å². The van der Waals surface area contributed by atoms with Crippen LogP contribution in [0.15, 0.2) is 54.7 Å². The summed E-state index contributed by atoms with van der Waals surface area (Å²) in [4.78, 5) is 12.1. The maximum atomic E-state index is 10.9. The second-order valence-corrected chi connectivity index (χ2v) is 6.18. The van der Waals surface area contributed by atoms with Crippen LogP contribution in [0, 0.1) is 0 Å². The SMILES string of the molecule is O=C(O)c1ccc(-c2ccn(CCNCc3ccccc3)n2)s1. The molecule has 0 saturated carbocycles. The second-order valence-electron chi connectivity index (χ2n) is 5.10. The first-order valence-electron chi connectivity index (χ1n) is 7.34. The smallest absolute Gasteiger partial charge is 0.345 e. The molecule has 0 radical (unpaired) electrons. The molecule has 0 amide bonds. The van der Waals surface area contributed by atoms with Crippen molar-refractivity contribution in [1.82, 2.24) is 15.1 Å². The highest BCUT2D eigenvalue weighted by Gasteiger charge is 2.10. The number of nitrogens with one attached hydrogen (secondary N) is 1. The average Bonchev–Trinajstić information content (AvgIpc) is 3.21. The maximum absolute atomic E-state index is 10.9. The van der Waals surface area contributed by atoms with Gasteiger partial charge in [0.25, 0.3) is 0 Å². The zero-order chi connectivity index (χ0) is 16.1. The third-order valence-electron chi connectivity index (χ3n) is 3.40. The largest absolute Gasteiger partial charge is 0.477 e. The lowest BCUT2D eigenvalue weighted by Gasteiger charge is -2.05. The number of hydrogen-bond donors (Lipinski definition) is 2. The quantitative estimate of drug-likeness (QED) is 0.654. The fourth-order valence-corrected chi connectivity index (χ4v) is 3.04. The summed E-state index contributed by atoms with van der Waals surface area (Å²) in [6.45, 7) is 2.42. The minimum absolute atomic E-state index is 0.332. The summed E-state index contributed by atoms with van der Waals surface area (Å²) in [6.07, 6.45) is 1.92. The van der Waals surface area contributed by atoms with E-state index in [2.05, 4.69) is 22.5 Å². The number of carboxylic acids is 1. The second kappa shape index (κ2) is 7.21. The molecule has 0 fully saturated rings. The Kier molecular flexibility index (Phi) is 4.85. The molecule has 0 spiro atoms. The van der Waals surface area contributed by atoms with Crippen molar-refractivity contribution in [2.24, 2.45) is 0 Å². The van der Waals surface area contributed by atoms with Crippen LogP contribution in [-0.4, -0.2) is 27.4 Å². The van der Waals surface area contributed by atoms with E-state index in [9.17, 15) is 4.79 Å². The molecule has 0 atom stereocenters. The van der Waals surface area contributed by atoms with Gasteiger partial charge >= 0.3 is 5.97 Å². The Bertz CT molecular complexity index is 780. The van der Waals surface area contributed by atoms with Crippen molar-refractivity contribution in [3.05, 3.63) is 65.2 Å². The Morgan fingerprint density at radius 3 is 2.74 bits per heavy atom. The first-order chi connectivity index (χ1) is 11.2. The molecule has 23 heavy (non-hydrogen) atoms. The van der Waals surface area contributed by atoms with Gasteiger partial charge in [0.2, 0.25) is 0 Å². The molecule has 0 unspecified atom stereocenters. The predicted molar refractivity (Wildman–Crippen MR) is 90.6 cm³/mol. The van der Waals surface area contributed by atoms with Gasteiger partial charge in [0.05, 0.1) is 11.4 Å². The van der Waals surface area contributed by atoms with E-state index in [-0.39, 0.29) is 0 Å². The molecule has 5 nitrogen and oxygen atoms in total. The molecule has 2 aromatic heterocycles. The van der Waals surface area contributed by atoms with Gasteiger partial charge in [0, 0.05) is 19.3 Å². The summed E-state index contributed by atoms with van der Waals surface area (Å²) in [5.74, 6) is -0.897. The average molecular weight is 327 g/mol. The maximum Gasteiger partial charge on any atom is 0.345 e. The zero-order valence-corrected chi connectivity index (χ0v) is 13.3. The van der Waals surface area contributed by atoms with Gasteiger partial charge in [-0.05, 0) is 23.8 Å². The van der Waals surface area contributed by atoms with Crippen LogP contribution in [-0.2, 0) is 13.1 Å².